The van der Waals surface area contributed by atoms with Crippen molar-refractivity contribution in [3.8, 4) is 11.1 Å². The molecule has 0 aliphatic heterocycles. The van der Waals surface area contributed by atoms with E-state index in [9.17, 15) is 70.2 Å². The van der Waals surface area contributed by atoms with Gasteiger partial charge in [0, 0.05) is 13.0 Å². The fraction of sp³-hybridized carbons (Fsp3) is 0.500. The molecule has 0 aromatic heterocycles. The summed E-state index contributed by atoms with van der Waals surface area (Å²) in [6.45, 7) is 1.72. The molecule has 0 radical (unpaired) electrons. The zero-order valence-electron chi connectivity index (χ0n) is 20.8. The maximum atomic E-state index is 13.4. The molecule has 234 valence electrons. The van der Waals surface area contributed by atoms with Crippen LogP contribution in [0.25, 0.3) is 11.1 Å². The van der Waals surface area contributed by atoms with Crippen LogP contribution in [-0.4, -0.2) is 24.9 Å². The van der Waals surface area contributed by atoms with Crippen LogP contribution in [0.1, 0.15) is 51.9 Å². The predicted molar refractivity (Wildman–Crippen MR) is 113 cm³/mol. The van der Waals surface area contributed by atoms with Gasteiger partial charge in [0.2, 0.25) is 11.6 Å². The molecule has 1 N–H and O–H groups in total. The molecule has 1 unspecified atom stereocenters. The number of nitrogens with one attached hydrogen (secondary N) is 1. The first-order valence-electron chi connectivity index (χ1n) is 11.7. The Bertz CT molecular complexity index is 1050. The number of hydrogen-bond acceptors (Lipinski definition) is 1. The minimum Gasteiger partial charge on any atom is -0.256 e. The molecule has 0 spiro atoms. The molecule has 2 rings (SSSR count). The molecule has 1 atom stereocenters. The van der Waals surface area contributed by atoms with Gasteiger partial charge in [0.1, 0.15) is 0 Å². The van der Waals surface area contributed by atoms with Gasteiger partial charge in [-0.3, -0.25) is 5.32 Å². The van der Waals surface area contributed by atoms with Gasteiger partial charge in [0.05, 0.1) is 11.1 Å². The molecule has 0 saturated heterocycles. The lowest BCUT2D eigenvalue weighted by molar-refractivity contribution is -0.135. The van der Waals surface area contributed by atoms with Crippen LogP contribution in [-0.2, 0) is 0 Å². The average Bonchev–Trinajstić information content (AvgIpc) is 2.90. The second-order valence-corrected chi connectivity index (χ2v) is 8.48. The third kappa shape index (κ3) is 9.39. The first-order chi connectivity index (χ1) is 18.8. The summed E-state index contributed by atoms with van der Waals surface area (Å²) >= 11 is 0. The Balaban J connectivity index is 0.000000416. The van der Waals surface area contributed by atoms with Gasteiger partial charge in [-0.2, -0.15) is 22.0 Å². The van der Waals surface area contributed by atoms with Crippen LogP contribution >= 0.6 is 0 Å². The highest BCUT2D eigenvalue weighted by molar-refractivity contribution is 5.67. The summed E-state index contributed by atoms with van der Waals surface area (Å²) in [6, 6.07) is -3.55. The fourth-order valence-corrected chi connectivity index (χ4v) is 3.24. The Labute approximate surface area is 222 Å². The van der Waals surface area contributed by atoms with E-state index in [1.165, 1.54) is 0 Å². The lowest BCUT2D eigenvalue weighted by Gasteiger charge is -2.21. The largest absolute Gasteiger partial charge is 0.389 e. The Morgan fingerprint density at radius 3 is 1.22 bits per heavy atom. The first kappa shape index (κ1) is 36.3. The van der Waals surface area contributed by atoms with Crippen LogP contribution in [0.3, 0.4) is 0 Å². The molecule has 0 fully saturated rings. The molecular formula is C24H21F16N. The second kappa shape index (κ2) is 15.0. The van der Waals surface area contributed by atoms with Crippen molar-refractivity contribution in [2.24, 2.45) is 0 Å². The monoisotopic (exact) mass is 627 g/mol. The summed E-state index contributed by atoms with van der Waals surface area (Å²) in [5.41, 5.74) is -4.52. The van der Waals surface area contributed by atoms with Gasteiger partial charge in [0.15, 0.2) is 52.7 Å². The Kier molecular flexibility index (Phi) is 13.2. The van der Waals surface area contributed by atoms with Crippen LogP contribution in [0.4, 0.5) is 70.2 Å². The van der Waals surface area contributed by atoms with E-state index in [-0.39, 0.29) is 32.2 Å². The van der Waals surface area contributed by atoms with Gasteiger partial charge in [-0.05, 0) is 19.3 Å². The minimum absolute atomic E-state index is 0.0268. The molecule has 0 saturated carbocycles. The number of hydrogen-bond donors (Lipinski definition) is 1. The summed E-state index contributed by atoms with van der Waals surface area (Å²) in [5, 5.41) is 1.82. The summed E-state index contributed by atoms with van der Waals surface area (Å²) in [6.07, 6.45) is -6.47. The Hall–Kier alpha value is -2.72. The Morgan fingerprint density at radius 2 is 0.878 bits per heavy atom. The molecule has 0 aliphatic carbocycles. The van der Waals surface area contributed by atoms with E-state index in [0.29, 0.717) is 12.8 Å². The molecule has 2 aromatic carbocycles. The normalized spacial score (nSPS) is 12.8. The molecule has 2 aromatic rings. The van der Waals surface area contributed by atoms with E-state index in [2.05, 4.69) is 0 Å². The SMILES string of the molecule is CCCNC(F)(F)C(F)CCCCCCC(F)(F)F.Fc1c(F)c(F)c(-c2c(F)c(F)c(F)c(F)c2F)c(F)c1F. The lowest BCUT2D eigenvalue weighted by atomic mass is 10.0. The van der Waals surface area contributed by atoms with Crippen molar-refractivity contribution in [1.29, 1.82) is 0 Å². The number of alkyl halides is 6. The molecule has 17 heteroatoms. The van der Waals surface area contributed by atoms with Gasteiger partial charge >= 0.3 is 12.2 Å². The highest BCUT2D eigenvalue weighted by Gasteiger charge is 2.38. The van der Waals surface area contributed by atoms with E-state index in [0.717, 1.165) is 0 Å². The number of rotatable bonds is 11. The van der Waals surface area contributed by atoms with E-state index < -0.39 is 94.1 Å². The summed E-state index contributed by atoms with van der Waals surface area (Å²) in [7, 11) is 0. The molecule has 0 aliphatic rings. The fourth-order valence-electron chi connectivity index (χ4n) is 3.24. The molecule has 0 heterocycles. The minimum atomic E-state index is -4.18. The highest BCUT2D eigenvalue weighted by Crippen LogP contribution is 2.37. The van der Waals surface area contributed by atoms with Crippen molar-refractivity contribution < 1.29 is 70.2 Å². The quantitative estimate of drug-likeness (QED) is 0.0861. The van der Waals surface area contributed by atoms with Crippen molar-refractivity contribution in [3.05, 3.63) is 58.2 Å². The predicted octanol–water partition coefficient (Wildman–Crippen LogP) is 9.56. The van der Waals surface area contributed by atoms with Gasteiger partial charge in [-0.15, -0.1) is 0 Å². The Morgan fingerprint density at radius 1 is 0.537 bits per heavy atom. The van der Waals surface area contributed by atoms with Crippen LogP contribution in [0.2, 0.25) is 0 Å². The van der Waals surface area contributed by atoms with Gasteiger partial charge in [0.25, 0.3) is 0 Å². The molecular weight excluding hydrogens is 606 g/mol. The number of halogens is 16. The third-order valence-corrected chi connectivity index (χ3v) is 5.34. The maximum absolute atomic E-state index is 13.4. The number of benzene rings is 2. The van der Waals surface area contributed by atoms with Crippen molar-refractivity contribution in [3.63, 3.8) is 0 Å². The van der Waals surface area contributed by atoms with Crippen LogP contribution in [0.5, 0.6) is 0 Å². The van der Waals surface area contributed by atoms with Crippen molar-refractivity contribution in [1.82, 2.24) is 5.32 Å². The zero-order chi connectivity index (χ0) is 31.9. The van der Waals surface area contributed by atoms with E-state index >= 15 is 0 Å². The molecule has 41 heavy (non-hydrogen) atoms. The summed E-state index contributed by atoms with van der Waals surface area (Å²) < 4.78 is 206. The summed E-state index contributed by atoms with van der Waals surface area (Å²) in [5.74, 6) is -26.6. The number of unbranched alkanes of at least 4 members (excludes halogenated alkanes) is 3. The maximum Gasteiger partial charge on any atom is 0.389 e. The highest BCUT2D eigenvalue weighted by atomic mass is 19.4. The van der Waals surface area contributed by atoms with Crippen LogP contribution in [0.15, 0.2) is 0 Å². The van der Waals surface area contributed by atoms with Gasteiger partial charge in [-0.1, -0.05) is 26.2 Å². The summed E-state index contributed by atoms with van der Waals surface area (Å²) in [4.78, 5) is 0. The standard InChI is InChI=1S/C12F10.C12H21F6N/c13-3-1(4(14)8(18)11(21)7(3)17)2-5(15)9(19)12(22)10(20)6(2)16;1-2-9-19-12(17,18)10(13)7-5-3-4-6-8-11(14,15)16/h;10,19H,2-9H2,1H3. The van der Waals surface area contributed by atoms with E-state index in [1.54, 1.807) is 6.92 Å². The van der Waals surface area contributed by atoms with Crippen LogP contribution in [0, 0.1) is 58.2 Å². The van der Waals surface area contributed by atoms with Crippen LogP contribution < -0.4 is 5.32 Å². The van der Waals surface area contributed by atoms with Crippen molar-refractivity contribution in [2.45, 2.75) is 70.3 Å². The molecule has 1 nitrogen and oxygen atoms in total. The third-order valence-electron chi connectivity index (χ3n) is 5.34. The average molecular weight is 627 g/mol. The smallest absolute Gasteiger partial charge is 0.256 e. The molecule has 0 bridgehead atoms. The van der Waals surface area contributed by atoms with Crippen molar-refractivity contribution >= 4 is 0 Å². The van der Waals surface area contributed by atoms with Gasteiger partial charge < -0.3 is 0 Å². The zero-order valence-corrected chi connectivity index (χ0v) is 20.8. The van der Waals surface area contributed by atoms with E-state index in [1.807, 2.05) is 5.32 Å². The molecule has 0 amide bonds. The van der Waals surface area contributed by atoms with Gasteiger partial charge in [-0.25, -0.2) is 48.3 Å². The topological polar surface area (TPSA) is 12.0 Å². The van der Waals surface area contributed by atoms with E-state index in [4.69, 9.17) is 0 Å². The lowest BCUT2D eigenvalue weighted by Crippen LogP contribution is -2.45. The first-order valence-corrected chi connectivity index (χ1v) is 11.7. The van der Waals surface area contributed by atoms with Crippen molar-refractivity contribution in [2.75, 3.05) is 6.54 Å². The second-order valence-electron chi connectivity index (χ2n) is 8.48.